The summed E-state index contributed by atoms with van der Waals surface area (Å²) in [5.74, 6) is 2.04. The van der Waals surface area contributed by atoms with Gasteiger partial charge in [0.15, 0.2) is 23.0 Å². The number of aromatic hydroxyl groups is 1. The second kappa shape index (κ2) is 7.26. The molecule has 0 saturated heterocycles. The summed E-state index contributed by atoms with van der Waals surface area (Å²) in [6.45, 7) is 0. The first-order chi connectivity index (χ1) is 12.6. The lowest BCUT2D eigenvalue weighted by Gasteiger charge is -2.13. The van der Waals surface area contributed by atoms with E-state index in [0.29, 0.717) is 39.8 Å². The Morgan fingerprint density at radius 1 is 0.769 bits per heavy atom. The van der Waals surface area contributed by atoms with E-state index in [0.717, 1.165) is 5.56 Å². The van der Waals surface area contributed by atoms with Crippen molar-refractivity contribution in [3.05, 3.63) is 36.6 Å². The predicted molar refractivity (Wildman–Crippen MR) is 95.2 cm³/mol. The Kier molecular flexibility index (Phi) is 4.88. The Balaban J connectivity index is 2.15. The van der Waals surface area contributed by atoms with E-state index in [2.05, 4.69) is 5.16 Å². The summed E-state index contributed by atoms with van der Waals surface area (Å²) in [6, 6.07) is 8.55. The Hall–Kier alpha value is -3.35. The molecule has 0 atom stereocenters. The molecule has 0 spiro atoms. The molecule has 0 amide bonds. The SMILES string of the molecule is COc1ccc(-c2conc2-c2cc(OC)c(OC)cc2OC)cc1O. The van der Waals surface area contributed by atoms with E-state index < -0.39 is 0 Å². The Labute approximate surface area is 150 Å². The Morgan fingerprint density at radius 3 is 2.04 bits per heavy atom. The van der Waals surface area contributed by atoms with Crippen molar-refractivity contribution in [3.8, 4) is 51.1 Å². The van der Waals surface area contributed by atoms with E-state index >= 15 is 0 Å². The molecule has 1 heterocycles. The van der Waals surface area contributed by atoms with Crippen LogP contribution in [-0.4, -0.2) is 38.7 Å². The lowest BCUT2D eigenvalue weighted by Crippen LogP contribution is -1.95. The smallest absolute Gasteiger partial charge is 0.164 e. The molecule has 136 valence electrons. The monoisotopic (exact) mass is 357 g/mol. The molecule has 0 bridgehead atoms. The van der Waals surface area contributed by atoms with Crippen LogP contribution in [-0.2, 0) is 0 Å². The van der Waals surface area contributed by atoms with Crippen molar-refractivity contribution < 1.29 is 28.6 Å². The van der Waals surface area contributed by atoms with Crippen molar-refractivity contribution in [3.63, 3.8) is 0 Å². The van der Waals surface area contributed by atoms with Crippen molar-refractivity contribution >= 4 is 0 Å². The first kappa shape index (κ1) is 17.5. The number of ether oxygens (including phenoxy) is 4. The van der Waals surface area contributed by atoms with Crippen molar-refractivity contribution in [2.75, 3.05) is 28.4 Å². The van der Waals surface area contributed by atoms with Crippen molar-refractivity contribution in [2.45, 2.75) is 0 Å². The van der Waals surface area contributed by atoms with E-state index in [4.69, 9.17) is 23.5 Å². The average molecular weight is 357 g/mol. The van der Waals surface area contributed by atoms with Crippen LogP contribution in [0.2, 0.25) is 0 Å². The zero-order chi connectivity index (χ0) is 18.7. The van der Waals surface area contributed by atoms with E-state index in [9.17, 15) is 5.11 Å². The Bertz CT molecular complexity index is 918. The van der Waals surface area contributed by atoms with Crippen LogP contribution in [0.3, 0.4) is 0 Å². The minimum atomic E-state index is 0.0245. The third kappa shape index (κ3) is 2.99. The number of aromatic nitrogens is 1. The van der Waals surface area contributed by atoms with Gasteiger partial charge in [0.1, 0.15) is 17.7 Å². The molecule has 7 nitrogen and oxygen atoms in total. The fourth-order valence-electron chi connectivity index (χ4n) is 2.71. The fourth-order valence-corrected chi connectivity index (χ4v) is 2.71. The highest BCUT2D eigenvalue weighted by Crippen LogP contribution is 2.43. The van der Waals surface area contributed by atoms with Gasteiger partial charge >= 0.3 is 0 Å². The summed E-state index contributed by atoms with van der Waals surface area (Å²) in [4.78, 5) is 0. The maximum absolute atomic E-state index is 10.1. The first-order valence-corrected chi connectivity index (χ1v) is 7.75. The second-order valence-corrected chi connectivity index (χ2v) is 5.37. The van der Waals surface area contributed by atoms with E-state index in [-0.39, 0.29) is 5.75 Å². The van der Waals surface area contributed by atoms with Gasteiger partial charge in [-0.1, -0.05) is 11.2 Å². The van der Waals surface area contributed by atoms with Crippen LogP contribution in [0.15, 0.2) is 41.1 Å². The van der Waals surface area contributed by atoms with Crippen molar-refractivity contribution in [2.24, 2.45) is 0 Å². The van der Waals surface area contributed by atoms with Crippen LogP contribution in [0, 0.1) is 0 Å². The standard InChI is InChI=1S/C19H19NO6/c1-22-15-6-5-11(7-14(15)21)13-10-26-20-19(13)12-8-17(24-3)18(25-4)9-16(12)23-2/h5-10,21H,1-4H3. The van der Waals surface area contributed by atoms with Crippen LogP contribution in [0.25, 0.3) is 22.4 Å². The molecule has 0 saturated carbocycles. The molecule has 0 aliphatic heterocycles. The summed E-state index contributed by atoms with van der Waals surface area (Å²) >= 11 is 0. The van der Waals surface area contributed by atoms with E-state index in [1.165, 1.54) is 13.4 Å². The Morgan fingerprint density at radius 2 is 1.42 bits per heavy atom. The molecule has 0 unspecified atom stereocenters. The minimum Gasteiger partial charge on any atom is -0.504 e. The van der Waals surface area contributed by atoms with Crippen LogP contribution in [0.5, 0.6) is 28.7 Å². The largest absolute Gasteiger partial charge is 0.504 e. The molecule has 1 N–H and O–H groups in total. The number of benzene rings is 2. The highest BCUT2D eigenvalue weighted by molar-refractivity contribution is 5.84. The number of rotatable bonds is 6. The van der Waals surface area contributed by atoms with Crippen molar-refractivity contribution in [1.82, 2.24) is 5.16 Å². The summed E-state index contributed by atoms with van der Waals surface area (Å²) < 4.78 is 26.4. The minimum absolute atomic E-state index is 0.0245. The molecule has 0 aliphatic carbocycles. The molecule has 0 aliphatic rings. The molecule has 26 heavy (non-hydrogen) atoms. The van der Waals surface area contributed by atoms with Crippen molar-refractivity contribution in [1.29, 1.82) is 0 Å². The van der Waals surface area contributed by atoms with Gasteiger partial charge < -0.3 is 28.6 Å². The van der Waals surface area contributed by atoms with Gasteiger partial charge in [0, 0.05) is 11.6 Å². The molecule has 0 fully saturated rings. The lowest BCUT2D eigenvalue weighted by atomic mass is 10.0. The molecule has 3 rings (SSSR count). The van der Waals surface area contributed by atoms with Gasteiger partial charge in [-0.15, -0.1) is 0 Å². The predicted octanol–water partition coefficient (Wildman–Crippen LogP) is 3.75. The molecule has 7 heteroatoms. The number of methoxy groups -OCH3 is 4. The third-order valence-electron chi connectivity index (χ3n) is 4.02. The van der Waals surface area contributed by atoms with Gasteiger partial charge in [-0.25, -0.2) is 0 Å². The quantitative estimate of drug-likeness (QED) is 0.719. The molecule has 1 aromatic heterocycles. The summed E-state index contributed by atoms with van der Waals surface area (Å²) in [6.07, 6.45) is 1.51. The number of hydrogen-bond acceptors (Lipinski definition) is 7. The van der Waals surface area contributed by atoms with E-state index in [1.54, 1.807) is 45.6 Å². The fraction of sp³-hybridized carbons (Fsp3) is 0.211. The lowest BCUT2D eigenvalue weighted by molar-refractivity contribution is 0.349. The van der Waals surface area contributed by atoms with Gasteiger partial charge in [0.05, 0.1) is 34.0 Å². The molecule has 2 aromatic carbocycles. The number of phenolic OH excluding ortho intramolecular Hbond substituents is 1. The van der Waals surface area contributed by atoms with Crippen LogP contribution in [0.1, 0.15) is 0 Å². The number of nitrogens with zero attached hydrogens (tertiary/aromatic N) is 1. The van der Waals surface area contributed by atoms with Crippen LogP contribution < -0.4 is 18.9 Å². The zero-order valence-corrected chi connectivity index (χ0v) is 14.9. The highest BCUT2D eigenvalue weighted by atomic mass is 16.5. The number of hydrogen-bond donors (Lipinski definition) is 1. The second-order valence-electron chi connectivity index (χ2n) is 5.37. The number of phenols is 1. The summed E-state index contributed by atoms with van der Waals surface area (Å²) in [5.41, 5.74) is 2.63. The van der Waals surface area contributed by atoms with Gasteiger partial charge in [-0.3, -0.25) is 0 Å². The topological polar surface area (TPSA) is 83.2 Å². The normalized spacial score (nSPS) is 10.5. The maximum Gasteiger partial charge on any atom is 0.164 e. The molecular formula is C19H19NO6. The zero-order valence-electron chi connectivity index (χ0n) is 14.9. The molecule has 0 radical (unpaired) electrons. The first-order valence-electron chi connectivity index (χ1n) is 7.75. The van der Waals surface area contributed by atoms with Gasteiger partial charge in [0.2, 0.25) is 0 Å². The molecular weight excluding hydrogens is 338 g/mol. The highest BCUT2D eigenvalue weighted by Gasteiger charge is 2.20. The van der Waals surface area contributed by atoms with Gasteiger partial charge in [-0.05, 0) is 23.8 Å². The maximum atomic E-state index is 10.1. The summed E-state index contributed by atoms with van der Waals surface area (Å²) in [5, 5.41) is 14.2. The van der Waals surface area contributed by atoms with Gasteiger partial charge in [-0.2, -0.15) is 0 Å². The average Bonchev–Trinajstić information content (AvgIpc) is 3.16. The van der Waals surface area contributed by atoms with Crippen LogP contribution >= 0.6 is 0 Å². The third-order valence-corrected chi connectivity index (χ3v) is 4.02. The molecule has 3 aromatic rings. The summed E-state index contributed by atoms with van der Waals surface area (Å²) in [7, 11) is 6.16. The van der Waals surface area contributed by atoms with Crippen LogP contribution in [0.4, 0.5) is 0 Å². The van der Waals surface area contributed by atoms with E-state index in [1.807, 2.05) is 6.07 Å². The van der Waals surface area contributed by atoms with Gasteiger partial charge in [0.25, 0.3) is 0 Å².